The molecule has 1 aliphatic rings. The number of aromatic nitrogens is 2. The van der Waals surface area contributed by atoms with E-state index in [-0.39, 0.29) is 24.9 Å². The van der Waals surface area contributed by atoms with E-state index in [0.29, 0.717) is 28.6 Å². The summed E-state index contributed by atoms with van der Waals surface area (Å²) in [5, 5.41) is 7.72. The third kappa shape index (κ3) is 4.42. The minimum atomic E-state index is -1.27. The molecule has 3 aromatic carbocycles. The molecule has 1 atom stereocenters. The second-order valence-corrected chi connectivity index (χ2v) is 9.05. The third-order valence-corrected chi connectivity index (χ3v) is 6.66. The second-order valence-electron chi connectivity index (χ2n) is 9.05. The molecule has 0 saturated carbocycles. The van der Waals surface area contributed by atoms with E-state index in [9.17, 15) is 9.59 Å². The third-order valence-electron chi connectivity index (χ3n) is 6.66. The molecular weight excluding hydrogens is 468 g/mol. The summed E-state index contributed by atoms with van der Waals surface area (Å²) in [6.07, 6.45) is 0. The van der Waals surface area contributed by atoms with Gasteiger partial charge in [0.15, 0.2) is 0 Å². The monoisotopic (exact) mass is 496 g/mol. The van der Waals surface area contributed by atoms with Crippen LogP contribution in [0.25, 0.3) is 11.3 Å². The van der Waals surface area contributed by atoms with Crippen LogP contribution in [0.4, 0.5) is 5.69 Å². The summed E-state index contributed by atoms with van der Waals surface area (Å²) < 4.78 is 12.5. The predicted octanol–water partition coefficient (Wildman–Crippen LogP) is 4.30. The molecule has 1 aliphatic heterocycles. The first-order valence-corrected chi connectivity index (χ1v) is 12.0. The molecule has 2 heterocycles. The number of fused-ring (bicyclic) bond motifs is 1. The maximum absolute atomic E-state index is 14.0. The van der Waals surface area contributed by atoms with Gasteiger partial charge in [0.2, 0.25) is 5.91 Å². The summed E-state index contributed by atoms with van der Waals surface area (Å²) in [6, 6.07) is 26.1. The summed E-state index contributed by atoms with van der Waals surface area (Å²) >= 11 is 0. The van der Waals surface area contributed by atoms with Crippen LogP contribution in [-0.2, 0) is 17.9 Å². The number of carbonyl (C=O) groups excluding carboxylic acids is 2. The Morgan fingerprint density at radius 3 is 2.49 bits per heavy atom. The van der Waals surface area contributed by atoms with E-state index < -0.39 is 5.54 Å². The quantitative estimate of drug-likeness (QED) is 0.412. The average molecular weight is 497 g/mol. The zero-order chi connectivity index (χ0) is 26.0. The number of anilines is 1. The van der Waals surface area contributed by atoms with Crippen molar-refractivity contribution in [3.8, 4) is 22.8 Å². The highest BCUT2D eigenvalue weighted by Crippen LogP contribution is 2.35. The van der Waals surface area contributed by atoms with E-state index in [1.54, 1.807) is 61.1 Å². The fourth-order valence-corrected chi connectivity index (χ4v) is 4.70. The number of hydrogen-bond donors (Lipinski definition) is 1. The summed E-state index contributed by atoms with van der Waals surface area (Å²) in [4.78, 5) is 29.4. The lowest BCUT2D eigenvalue weighted by atomic mass is 9.93. The van der Waals surface area contributed by atoms with Crippen LogP contribution in [0.1, 0.15) is 23.0 Å². The Hall–Kier alpha value is -4.59. The highest BCUT2D eigenvalue weighted by Gasteiger charge is 2.49. The molecule has 2 amide bonds. The number of hydrogen-bond acceptors (Lipinski definition) is 5. The molecule has 0 aliphatic carbocycles. The van der Waals surface area contributed by atoms with E-state index in [2.05, 4.69) is 5.32 Å². The number of nitrogens with one attached hydrogen (secondary N) is 1. The first kappa shape index (κ1) is 24.1. The van der Waals surface area contributed by atoms with Gasteiger partial charge in [0.25, 0.3) is 5.91 Å². The highest BCUT2D eigenvalue weighted by atomic mass is 16.5. The fourth-order valence-electron chi connectivity index (χ4n) is 4.70. The van der Waals surface area contributed by atoms with Crippen molar-refractivity contribution in [2.45, 2.75) is 25.6 Å². The van der Waals surface area contributed by atoms with E-state index in [1.807, 2.05) is 54.6 Å². The van der Waals surface area contributed by atoms with Gasteiger partial charge in [0.1, 0.15) is 22.7 Å². The van der Waals surface area contributed by atoms with Gasteiger partial charge in [-0.05, 0) is 31.2 Å². The van der Waals surface area contributed by atoms with Crippen LogP contribution >= 0.6 is 0 Å². The summed E-state index contributed by atoms with van der Waals surface area (Å²) in [5.41, 5.74) is 2.12. The fraction of sp³-hybridized carbons (Fsp3) is 0.207. The second kappa shape index (κ2) is 9.81. The number of rotatable bonds is 7. The van der Waals surface area contributed by atoms with Crippen molar-refractivity contribution in [2.24, 2.45) is 0 Å². The van der Waals surface area contributed by atoms with Crippen molar-refractivity contribution >= 4 is 17.5 Å². The van der Waals surface area contributed by atoms with Crippen LogP contribution in [0.2, 0.25) is 0 Å². The van der Waals surface area contributed by atoms with Gasteiger partial charge in [-0.15, -0.1) is 0 Å². The standard InChI is InChI=1S/C29H28N4O4/c1-29(28(35)30-18-21-12-7-8-15-26(21)37-3)19-32-25(17-24(31-32)20-10-5-4-6-11-20)27(34)33(29)22-13-9-14-23(16-22)36-2/h4-17H,18-19H2,1-3H3,(H,30,35). The van der Waals surface area contributed by atoms with Gasteiger partial charge in [-0.25, -0.2) is 0 Å². The van der Waals surface area contributed by atoms with Crippen LogP contribution in [-0.4, -0.2) is 41.4 Å². The molecule has 188 valence electrons. The lowest BCUT2D eigenvalue weighted by Crippen LogP contribution is -2.64. The van der Waals surface area contributed by atoms with Crippen LogP contribution in [0.15, 0.2) is 84.9 Å². The summed E-state index contributed by atoms with van der Waals surface area (Å²) in [6.45, 7) is 2.18. The van der Waals surface area contributed by atoms with Crippen molar-refractivity contribution in [2.75, 3.05) is 19.1 Å². The zero-order valence-corrected chi connectivity index (χ0v) is 21.0. The Balaban J connectivity index is 1.55. The van der Waals surface area contributed by atoms with Gasteiger partial charge in [0.05, 0.1) is 26.5 Å². The van der Waals surface area contributed by atoms with Crippen molar-refractivity contribution in [1.29, 1.82) is 0 Å². The van der Waals surface area contributed by atoms with Crippen molar-refractivity contribution in [1.82, 2.24) is 15.1 Å². The Labute approximate surface area is 215 Å². The predicted molar refractivity (Wildman–Crippen MR) is 141 cm³/mol. The van der Waals surface area contributed by atoms with E-state index >= 15 is 0 Å². The largest absolute Gasteiger partial charge is 0.497 e. The molecule has 8 heteroatoms. The molecule has 8 nitrogen and oxygen atoms in total. The van der Waals surface area contributed by atoms with Crippen LogP contribution < -0.4 is 19.7 Å². The Kier molecular flexibility index (Phi) is 6.40. The Bertz CT molecular complexity index is 1450. The van der Waals surface area contributed by atoms with Crippen molar-refractivity contribution in [3.63, 3.8) is 0 Å². The normalized spacial score (nSPS) is 16.7. The van der Waals surface area contributed by atoms with Gasteiger partial charge in [-0.3, -0.25) is 19.2 Å². The Morgan fingerprint density at radius 1 is 0.973 bits per heavy atom. The average Bonchev–Trinajstić information content (AvgIpc) is 3.36. The lowest BCUT2D eigenvalue weighted by Gasteiger charge is -2.43. The topological polar surface area (TPSA) is 85.7 Å². The molecule has 0 radical (unpaired) electrons. The lowest BCUT2D eigenvalue weighted by molar-refractivity contribution is -0.126. The van der Waals surface area contributed by atoms with Crippen LogP contribution in [0, 0.1) is 0 Å². The SMILES string of the molecule is COc1cccc(N2C(=O)c3cc(-c4ccccc4)nn3CC2(C)C(=O)NCc2ccccc2OC)c1. The minimum Gasteiger partial charge on any atom is -0.497 e. The van der Waals surface area contributed by atoms with E-state index in [1.165, 1.54) is 0 Å². The van der Waals surface area contributed by atoms with Gasteiger partial charge in [-0.2, -0.15) is 5.10 Å². The number of nitrogens with zero attached hydrogens (tertiary/aromatic N) is 3. The Morgan fingerprint density at radius 2 is 1.73 bits per heavy atom. The number of ether oxygens (including phenoxy) is 2. The number of carbonyl (C=O) groups is 2. The van der Waals surface area contributed by atoms with Gasteiger partial charge >= 0.3 is 0 Å². The van der Waals surface area contributed by atoms with Crippen molar-refractivity contribution in [3.05, 3.63) is 96.2 Å². The first-order valence-electron chi connectivity index (χ1n) is 12.0. The number of para-hydroxylation sites is 1. The van der Waals surface area contributed by atoms with E-state index in [0.717, 1.165) is 11.1 Å². The van der Waals surface area contributed by atoms with Crippen LogP contribution in [0.3, 0.4) is 0 Å². The molecule has 1 aromatic heterocycles. The van der Waals surface area contributed by atoms with Gasteiger partial charge in [-0.1, -0.05) is 54.6 Å². The highest BCUT2D eigenvalue weighted by molar-refractivity contribution is 6.12. The number of methoxy groups -OCH3 is 2. The zero-order valence-electron chi connectivity index (χ0n) is 21.0. The minimum absolute atomic E-state index is 0.176. The molecule has 1 N–H and O–H groups in total. The number of benzene rings is 3. The van der Waals surface area contributed by atoms with E-state index in [4.69, 9.17) is 14.6 Å². The first-order chi connectivity index (χ1) is 17.9. The molecule has 0 spiro atoms. The summed E-state index contributed by atoms with van der Waals surface area (Å²) in [7, 11) is 3.16. The number of amides is 2. The molecular formula is C29H28N4O4. The van der Waals surface area contributed by atoms with Gasteiger partial charge in [0, 0.05) is 29.4 Å². The summed E-state index contributed by atoms with van der Waals surface area (Å²) in [5.74, 6) is 0.645. The maximum Gasteiger partial charge on any atom is 0.277 e. The molecule has 4 aromatic rings. The molecule has 37 heavy (non-hydrogen) atoms. The molecule has 0 bridgehead atoms. The smallest absolute Gasteiger partial charge is 0.277 e. The molecule has 5 rings (SSSR count). The van der Waals surface area contributed by atoms with Crippen LogP contribution in [0.5, 0.6) is 11.5 Å². The van der Waals surface area contributed by atoms with Gasteiger partial charge < -0.3 is 14.8 Å². The molecule has 0 fully saturated rings. The molecule has 0 saturated heterocycles. The van der Waals surface area contributed by atoms with Crippen molar-refractivity contribution < 1.29 is 19.1 Å². The molecule has 1 unspecified atom stereocenters. The maximum atomic E-state index is 14.0.